The molecule has 0 amide bonds. The molecule has 11 nitrogen and oxygen atoms in total. The molecule has 5 rings (SSSR count). The number of aromatic nitrogens is 1. The molecule has 1 saturated heterocycles. The summed E-state index contributed by atoms with van der Waals surface area (Å²) >= 11 is 5.73. The Morgan fingerprint density at radius 3 is 2.54 bits per heavy atom. The number of methoxy groups -OCH3 is 1. The van der Waals surface area contributed by atoms with Crippen molar-refractivity contribution in [3.63, 3.8) is 0 Å². The molecule has 2 aromatic carbocycles. The highest BCUT2D eigenvalue weighted by Gasteiger charge is 2.42. The summed E-state index contributed by atoms with van der Waals surface area (Å²) in [5.74, 6) is 1.32. The highest BCUT2D eigenvalue weighted by atomic mass is 32.2. The first-order valence-corrected chi connectivity index (χ1v) is 14.0. The Morgan fingerprint density at radius 2 is 1.90 bits per heavy atom. The number of ether oxygens (including phenoxy) is 1. The smallest absolute Gasteiger partial charge is 0.273 e. The van der Waals surface area contributed by atoms with E-state index in [0.29, 0.717) is 39.3 Å². The van der Waals surface area contributed by atoms with E-state index >= 15 is 0 Å². The second kappa shape index (κ2) is 10.3. The van der Waals surface area contributed by atoms with Crippen molar-refractivity contribution in [3.05, 3.63) is 101 Å². The van der Waals surface area contributed by atoms with Gasteiger partial charge in [0.05, 0.1) is 41.7 Å². The lowest BCUT2D eigenvalue weighted by atomic mass is 10.0. The zero-order chi connectivity index (χ0) is 27.7. The second-order valence-electron chi connectivity index (χ2n) is 8.76. The third-order valence-corrected chi connectivity index (χ3v) is 7.05. The minimum atomic E-state index is -3.43. The molecule has 2 aromatic heterocycles. The van der Waals surface area contributed by atoms with Crippen LogP contribution in [0.25, 0.3) is 11.3 Å². The fourth-order valence-corrected chi connectivity index (χ4v) is 5.39. The number of hydrogen-bond donors (Lipinski definition) is 2. The molecule has 1 aliphatic heterocycles. The molecule has 0 saturated carbocycles. The molecule has 2 atom stereocenters. The first-order chi connectivity index (χ1) is 18.6. The van der Waals surface area contributed by atoms with Crippen LogP contribution >= 0.6 is 12.2 Å². The van der Waals surface area contributed by atoms with Crippen LogP contribution in [0.4, 0.5) is 17.1 Å². The molecule has 1 aliphatic rings. The number of furan rings is 1. The van der Waals surface area contributed by atoms with Crippen molar-refractivity contribution in [1.82, 2.24) is 10.3 Å². The summed E-state index contributed by atoms with van der Waals surface area (Å²) in [6.45, 7) is 0. The lowest BCUT2D eigenvalue weighted by molar-refractivity contribution is -0.384. The van der Waals surface area contributed by atoms with Crippen LogP contribution in [0.2, 0.25) is 0 Å². The van der Waals surface area contributed by atoms with Crippen LogP contribution in [0.1, 0.15) is 23.5 Å². The lowest BCUT2D eigenvalue weighted by Crippen LogP contribution is -2.29. The van der Waals surface area contributed by atoms with E-state index < -0.39 is 21.0 Å². The number of nitro benzene ring substituents is 1. The normalized spacial score (nSPS) is 17.1. The highest BCUT2D eigenvalue weighted by Crippen LogP contribution is 2.44. The minimum Gasteiger partial charge on any atom is -0.496 e. The number of sulfonamides is 1. The van der Waals surface area contributed by atoms with Gasteiger partial charge in [0.2, 0.25) is 10.0 Å². The van der Waals surface area contributed by atoms with Crippen LogP contribution in [0.5, 0.6) is 5.75 Å². The van der Waals surface area contributed by atoms with Crippen molar-refractivity contribution >= 4 is 44.4 Å². The van der Waals surface area contributed by atoms with Gasteiger partial charge in [-0.15, -0.1) is 0 Å². The molecule has 13 heteroatoms. The number of pyridine rings is 1. The van der Waals surface area contributed by atoms with Gasteiger partial charge in [0.25, 0.3) is 5.69 Å². The molecule has 1 fully saturated rings. The SMILES string of the molecule is COc1cc([N+](=O)[O-])ccc1-c1ccc([C@H]2[C@@H](c3ccccn3)NC(=S)N2c2ccc(NS(C)(=O)=O)cc2)o1. The van der Waals surface area contributed by atoms with Crippen molar-refractivity contribution < 1.29 is 22.5 Å². The number of nitrogens with one attached hydrogen (secondary N) is 2. The number of non-ortho nitro benzene ring substituents is 1. The zero-order valence-corrected chi connectivity index (χ0v) is 22.4. The van der Waals surface area contributed by atoms with Gasteiger partial charge in [0.1, 0.15) is 23.3 Å². The number of anilines is 2. The van der Waals surface area contributed by atoms with Crippen LogP contribution in [0, 0.1) is 10.1 Å². The number of nitro groups is 1. The van der Waals surface area contributed by atoms with Gasteiger partial charge in [0, 0.05) is 23.6 Å². The maximum absolute atomic E-state index is 11.6. The lowest BCUT2D eigenvalue weighted by Gasteiger charge is -2.26. The van der Waals surface area contributed by atoms with Gasteiger partial charge in [-0.2, -0.15) is 0 Å². The number of nitrogens with zero attached hydrogens (tertiary/aromatic N) is 3. The van der Waals surface area contributed by atoms with E-state index in [1.165, 1.54) is 19.2 Å². The van der Waals surface area contributed by atoms with Crippen molar-refractivity contribution in [2.45, 2.75) is 12.1 Å². The van der Waals surface area contributed by atoms with Gasteiger partial charge >= 0.3 is 0 Å². The van der Waals surface area contributed by atoms with Crippen LogP contribution in [0.3, 0.4) is 0 Å². The molecule has 39 heavy (non-hydrogen) atoms. The monoisotopic (exact) mass is 565 g/mol. The van der Waals surface area contributed by atoms with Crippen LogP contribution in [-0.2, 0) is 10.0 Å². The van der Waals surface area contributed by atoms with Gasteiger partial charge in [-0.05, 0) is 66.8 Å². The Morgan fingerprint density at radius 1 is 1.13 bits per heavy atom. The fourth-order valence-electron chi connectivity index (χ4n) is 4.48. The van der Waals surface area contributed by atoms with Crippen molar-refractivity contribution in [1.29, 1.82) is 0 Å². The van der Waals surface area contributed by atoms with E-state index in [2.05, 4.69) is 15.0 Å². The summed E-state index contributed by atoms with van der Waals surface area (Å²) in [7, 11) is -1.99. The molecular weight excluding hydrogens is 542 g/mol. The van der Waals surface area contributed by atoms with E-state index in [1.54, 1.807) is 42.6 Å². The quantitative estimate of drug-likeness (QED) is 0.174. The summed E-state index contributed by atoms with van der Waals surface area (Å²) in [5, 5.41) is 15.0. The predicted molar refractivity (Wildman–Crippen MR) is 150 cm³/mol. The predicted octanol–water partition coefficient (Wildman–Crippen LogP) is 4.81. The van der Waals surface area contributed by atoms with Crippen molar-refractivity contribution in [3.8, 4) is 17.1 Å². The van der Waals surface area contributed by atoms with Gasteiger partial charge in [0.15, 0.2) is 5.11 Å². The van der Waals surface area contributed by atoms with Gasteiger partial charge in [-0.3, -0.25) is 19.8 Å². The third-order valence-electron chi connectivity index (χ3n) is 6.13. The van der Waals surface area contributed by atoms with E-state index in [0.717, 1.165) is 11.9 Å². The Balaban J connectivity index is 1.56. The average molecular weight is 566 g/mol. The van der Waals surface area contributed by atoms with E-state index in [9.17, 15) is 18.5 Å². The maximum Gasteiger partial charge on any atom is 0.273 e. The van der Waals surface area contributed by atoms with Gasteiger partial charge in [-0.25, -0.2) is 8.42 Å². The third kappa shape index (κ3) is 5.40. The first kappa shape index (κ1) is 26.1. The topological polar surface area (TPSA) is 140 Å². The van der Waals surface area contributed by atoms with E-state index in [4.69, 9.17) is 21.4 Å². The van der Waals surface area contributed by atoms with Crippen molar-refractivity contribution in [2.75, 3.05) is 23.0 Å². The minimum absolute atomic E-state index is 0.0945. The Hall–Kier alpha value is -4.49. The summed E-state index contributed by atoms with van der Waals surface area (Å²) < 4.78 is 37.5. The summed E-state index contributed by atoms with van der Waals surface area (Å²) in [5.41, 5.74) is 2.33. The van der Waals surface area contributed by atoms with Crippen molar-refractivity contribution in [2.24, 2.45) is 0 Å². The van der Waals surface area contributed by atoms with Gasteiger partial charge < -0.3 is 19.4 Å². The Labute approximate surface area is 229 Å². The molecule has 4 aromatic rings. The maximum atomic E-state index is 11.6. The van der Waals surface area contributed by atoms with Gasteiger partial charge in [-0.1, -0.05) is 6.07 Å². The average Bonchev–Trinajstić information content (AvgIpc) is 3.53. The molecule has 0 bridgehead atoms. The summed E-state index contributed by atoms with van der Waals surface area (Å²) in [4.78, 5) is 17.1. The molecule has 3 heterocycles. The Bertz CT molecular complexity index is 1640. The number of hydrogen-bond acceptors (Lipinski definition) is 8. The second-order valence-corrected chi connectivity index (χ2v) is 10.9. The summed E-state index contributed by atoms with van der Waals surface area (Å²) in [6, 6.07) is 19.5. The molecule has 0 unspecified atom stereocenters. The molecule has 0 radical (unpaired) electrons. The highest BCUT2D eigenvalue weighted by molar-refractivity contribution is 7.92. The number of rotatable bonds is 8. The van der Waals surface area contributed by atoms with Crippen LogP contribution < -0.4 is 19.7 Å². The molecular formula is C26H23N5O6S2. The molecule has 200 valence electrons. The summed E-state index contributed by atoms with van der Waals surface area (Å²) in [6.07, 6.45) is 2.78. The first-order valence-electron chi connectivity index (χ1n) is 11.7. The van der Waals surface area contributed by atoms with Crippen LogP contribution in [-0.4, -0.2) is 36.8 Å². The molecule has 0 spiro atoms. The van der Waals surface area contributed by atoms with E-state index in [1.807, 2.05) is 29.2 Å². The zero-order valence-electron chi connectivity index (χ0n) is 20.8. The number of thiocarbonyl (C=S) groups is 1. The fraction of sp³-hybridized carbons (Fsp3) is 0.154. The standard InChI is InChI=1S/C26H23N5O6S2/c1-36-23-15-18(31(32)33)10-11-19(23)21-12-13-22(37-21)25-24(20-5-3-4-14-27-20)28-26(38)30(25)17-8-6-16(7-9-17)29-39(2,34)35/h3-15,24-25,29H,1-2H3,(H,28,38)/t24-,25+/m1/s1. The largest absolute Gasteiger partial charge is 0.496 e. The number of benzene rings is 2. The van der Waals surface area contributed by atoms with E-state index in [-0.39, 0.29) is 11.7 Å². The molecule has 2 N–H and O–H groups in total. The molecule has 0 aliphatic carbocycles. The van der Waals surface area contributed by atoms with Crippen LogP contribution in [0.15, 0.2) is 83.4 Å². The Kier molecular flexibility index (Phi) is 6.93.